The Hall–Kier alpha value is -1.25. The molecule has 0 unspecified atom stereocenters. The van der Waals surface area contributed by atoms with Gasteiger partial charge in [0, 0.05) is 13.2 Å². The van der Waals surface area contributed by atoms with Crippen molar-refractivity contribution >= 4 is 5.69 Å². The minimum atomic E-state index is 0.630. The van der Waals surface area contributed by atoms with Crippen molar-refractivity contribution in [1.82, 2.24) is 4.98 Å². The van der Waals surface area contributed by atoms with Gasteiger partial charge in [0.25, 0.3) is 0 Å². The monoisotopic (exact) mass is 138 g/mol. The van der Waals surface area contributed by atoms with Gasteiger partial charge in [-0.1, -0.05) is 0 Å². The van der Waals surface area contributed by atoms with Crippen molar-refractivity contribution in [3.63, 3.8) is 0 Å². The zero-order chi connectivity index (χ0) is 7.40. The van der Waals surface area contributed by atoms with Crippen molar-refractivity contribution in [3.05, 3.63) is 18.3 Å². The van der Waals surface area contributed by atoms with Crippen LogP contribution in [0, 0.1) is 0 Å². The highest BCUT2D eigenvalue weighted by Gasteiger charge is 1.97. The van der Waals surface area contributed by atoms with Gasteiger partial charge in [0.1, 0.15) is 0 Å². The van der Waals surface area contributed by atoms with Gasteiger partial charge in [0.2, 0.25) is 5.88 Å². The third-order valence-corrected chi connectivity index (χ3v) is 1.23. The lowest BCUT2D eigenvalue weighted by Gasteiger charge is -2.03. The lowest BCUT2D eigenvalue weighted by Crippen LogP contribution is -1.94. The molecule has 0 spiro atoms. The van der Waals surface area contributed by atoms with E-state index >= 15 is 0 Å². The van der Waals surface area contributed by atoms with Crippen molar-refractivity contribution in [3.8, 4) is 5.88 Å². The number of nitrogens with one attached hydrogen (secondary N) is 1. The molecule has 1 N–H and O–H groups in total. The molecule has 0 saturated heterocycles. The fraction of sp³-hybridized carbons (Fsp3) is 0.286. The third kappa shape index (κ3) is 1.18. The second-order valence-electron chi connectivity index (χ2n) is 1.81. The molecule has 0 aliphatic rings. The van der Waals surface area contributed by atoms with Gasteiger partial charge >= 0.3 is 0 Å². The Bertz CT molecular complexity index is 190. The van der Waals surface area contributed by atoms with Crippen LogP contribution in [-0.2, 0) is 0 Å². The average Bonchev–Trinajstić information content (AvgIpc) is 2.04. The first-order valence-electron chi connectivity index (χ1n) is 3.05. The van der Waals surface area contributed by atoms with Crippen molar-refractivity contribution in [2.45, 2.75) is 0 Å². The number of pyridine rings is 1. The van der Waals surface area contributed by atoms with E-state index in [1.165, 1.54) is 0 Å². The Kier molecular flexibility index (Phi) is 2.10. The van der Waals surface area contributed by atoms with Crippen molar-refractivity contribution in [1.29, 1.82) is 0 Å². The van der Waals surface area contributed by atoms with Gasteiger partial charge < -0.3 is 10.1 Å². The maximum Gasteiger partial charge on any atom is 0.237 e. The first-order chi connectivity index (χ1) is 4.88. The topological polar surface area (TPSA) is 34.2 Å². The first-order valence-corrected chi connectivity index (χ1v) is 3.05. The molecule has 0 aromatic carbocycles. The third-order valence-electron chi connectivity index (χ3n) is 1.23. The molecular formula is C7H10N2O. The number of ether oxygens (including phenoxy) is 1. The van der Waals surface area contributed by atoms with E-state index in [2.05, 4.69) is 10.3 Å². The summed E-state index contributed by atoms with van der Waals surface area (Å²) in [4.78, 5) is 3.98. The maximum absolute atomic E-state index is 4.96. The van der Waals surface area contributed by atoms with Gasteiger partial charge in [-0.3, -0.25) is 0 Å². The van der Waals surface area contributed by atoms with Crippen LogP contribution in [0.4, 0.5) is 5.69 Å². The summed E-state index contributed by atoms with van der Waals surface area (Å²) < 4.78 is 4.96. The number of hydrogen-bond donors (Lipinski definition) is 1. The summed E-state index contributed by atoms with van der Waals surface area (Å²) in [7, 11) is 3.43. The Labute approximate surface area is 60.0 Å². The summed E-state index contributed by atoms with van der Waals surface area (Å²) in [6.07, 6.45) is 1.69. The van der Waals surface area contributed by atoms with Gasteiger partial charge in [-0.2, -0.15) is 0 Å². The molecule has 0 radical (unpaired) electrons. The highest BCUT2D eigenvalue weighted by Crippen LogP contribution is 2.17. The molecule has 0 fully saturated rings. The highest BCUT2D eigenvalue weighted by molar-refractivity contribution is 5.51. The van der Waals surface area contributed by atoms with Crippen LogP contribution in [0.5, 0.6) is 5.88 Å². The van der Waals surface area contributed by atoms with Gasteiger partial charge in [-0.25, -0.2) is 4.98 Å². The number of anilines is 1. The van der Waals surface area contributed by atoms with E-state index in [1.54, 1.807) is 13.3 Å². The van der Waals surface area contributed by atoms with E-state index in [1.807, 2.05) is 19.2 Å². The highest BCUT2D eigenvalue weighted by atomic mass is 16.5. The molecular weight excluding hydrogens is 128 g/mol. The van der Waals surface area contributed by atoms with Gasteiger partial charge in [-0.15, -0.1) is 0 Å². The van der Waals surface area contributed by atoms with E-state index in [-0.39, 0.29) is 0 Å². The van der Waals surface area contributed by atoms with Crippen LogP contribution < -0.4 is 10.1 Å². The molecule has 1 aromatic heterocycles. The molecule has 0 aliphatic heterocycles. The molecule has 1 aromatic rings. The standard InChI is InChI=1S/C7H10N2O/c1-8-6-4-3-5-9-7(6)10-2/h3-5,8H,1-2H3. The van der Waals surface area contributed by atoms with Gasteiger partial charge in [-0.05, 0) is 12.1 Å². The smallest absolute Gasteiger partial charge is 0.237 e. The maximum atomic E-state index is 4.96. The summed E-state index contributed by atoms with van der Waals surface area (Å²) in [6, 6.07) is 3.76. The van der Waals surface area contributed by atoms with Crippen LogP contribution in [-0.4, -0.2) is 19.1 Å². The average molecular weight is 138 g/mol. The molecule has 0 bridgehead atoms. The van der Waals surface area contributed by atoms with Crippen molar-refractivity contribution in [2.75, 3.05) is 19.5 Å². The van der Waals surface area contributed by atoms with E-state index in [0.717, 1.165) is 5.69 Å². The number of nitrogens with zero attached hydrogens (tertiary/aromatic N) is 1. The van der Waals surface area contributed by atoms with Crippen molar-refractivity contribution < 1.29 is 4.74 Å². The van der Waals surface area contributed by atoms with E-state index in [0.29, 0.717) is 5.88 Å². The van der Waals surface area contributed by atoms with Crippen molar-refractivity contribution in [2.24, 2.45) is 0 Å². The number of methoxy groups -OCH3 is 1. The molecule has 54 valence electrons. The lowest BCUT2D eigenvalue weighted by molar-refractivity contribution is 0.400. The second-order valence-corrected chi connectivity index (χ2v) is 1.81. The van der Waals surface area contributed by atoms with Gasteiger partial charge in [0.05, 0.1) is 12.8 Å². The van der Waals surface area contributed by atoms with Crippen LogP contribution in [0.25, 0.3) is 0 Å². The predicted octanol–water partition coefficient (Wildman–Crippen LogP) is 1.13. The zero-order valence-electron chi connectivity index (χ0n) is 6.09. The Morgan fingerprint density at radius 3 is 2.90 bits per heavy atom. The molecule has 1 rings (SSSR count). The molecule has 3 nitrogen and oxygen atoms in total. The van der Waals surface area contributed by atoms with E-state index < -0.39 is 0 Å². The molecule has 3 heteroatoms. The Balaban J connectivity index is 2.96. The van der Waals surface area contributed by atoms with E-state index in [4.69, 9.17) is 4.74 Å². The quantitative estimate of drug-likeness (QED) is 0.665. The van der Waals surface area contributed by atoms with Crippen LogP contribution in [0.2, 0.25) is 0 Å². The summed E-state index contributed by atoms with van der Waals surface area (Å²) >= 11 is 0. The molecule has 0 saturated carbocycles. The number of aromatic nitrogens is 1. The van der Waals surface area contributed by atoms with Gasteiger partial charge in [0.15, 0.2) is 0 Å². The molecule has 0 atom stereocenters. The summed E-state index contributed by atoms with van der Waals surface area (Å²) in [5.41, 5.74) is 0.907. The summed E-state index contributed by atoms with van der Waals surface area (Å²) in [5.74, 6) is 0.630. The fourth-order valence-electron chi connectivity index (χ4n) is 0.744. The molecule has 0 amide bonds. The summed E-state index contributed by atoms with van der Waals surface area (Å²) in [5, 5.41) is 2.96. The van der Waals surface area contributed by atoms with Crippen LogP contribution in [0.1, 0.15) is 0 Å². The lowest BCUT2D eigenvalue weighted by atomic mass is 10.4. The van der Waals surface area contributed by atoms with Crippen LogP contribution in [0.3, 0.4) is 0 Å². The molecule has 10 heavy (non-hydrogen) atoms. The molecule has 1 heterocycles. The van der Waals surface area contributed by atoms with E-state index in [9.17, 15) is 0 Å². The molecule has 0 aliphatic carbocycles. The zero-order valence-corrected chi connectivity index (χ0v) is 6.09. The second kappa shape index (κ2) is 3.06. The number of rotatable bonds is 2. The number of hydrogen-bond acceptors (Lipinski definition) is 3. The Morgan fingerprint density at radius 1 is 1.60 bits per heavy atom. The Morgan fingerprint density at radius 2 is 2.40 bits per heavy atom. The minimum Gasteiger partial charge on any atom is -0.480 e. The normalized spacial score (nSPS) is 9.00. The summed E-state index contributed by atoms with van der Waals surface area (Å²) in [6.45, 7) is 0. The fourth-order valence-corrected chi connectivity index (χ4v) is 0.744. The minimum absolute atomic E-state index is 0.630. The first kappa shape index (κ1) is 6.86. The van der Waals surface area contributed by atoms with Crippen LogP contribution >= 0.6 is 0 Å². The largest absolute Gasteiger partial charge is 0.480 e. The SMILES string of the molecule is CNc1cccnc1OC. The van der Waals surface area contributed by atoms with Crippen LogP contribution in [0.15, 0.2) is 18.3 Å². The predicted molar refractivity (Wildman–Crippen MR) is 40.3 cm³/mol.